The van der Waals surface area contributed by atoms with E-state index >= 15 is 0 Å². The van der Waals surface area contributed by atoms with Crippen molar-refractivity contribution in [3.8, 4) is 0 Å². The maximum atomic E-state index is 10.1. The van der Waals surface area contributed by atoms with Crippen molar-refractivity contribution in [2.75, 3.05) is 0 Å². The zero-order valence-corrected chi connectivity index (χ0v) is 7.53. The Balaban J connectivity index is 2.50. The van der Waals surface area contributed by atoms with Crippen LogP contribution in [0.25, 0.3) is 0 Å². The molecule has 2 unspecified atom stereocenters. The lowest BCUT2D eigenvalue weighted by molar-refractivity contribution is -0.773. The van der Waals surface area contributed by atoms with E-state index in [-0.39, 0.29) is 6.10 Å². The van der Waals surface area contributed by atoms with Crippen LogP contribution in [0, 0.1) is 22.0 Å². The molecule has 0 radical (unpaired) electrons. The molecule has 0 aromatic carbocycles. The van der Waals surface area contributed by atoms with E-state index in [1.165, 1.54) is 6.42 Å². The van der Waals surface area contributed by atoms with E-state index in [4.69, 9.17) is 0 Å². The minimum atomic E-state index is -0.664. The second-order valence-electron chi connectivity index (χ2n) is 3.68. The lowest BCUT2D eigenvalue weighted by Crippen LogP contribution is -2.34. The minimum Gasteiger partial charge on any atom is -0.310 e. The van der Waals surface area contributed by atoms with Crippen molar-refractivity contribution in [1.29, 1.82) is 0 Å². The summed E-state index contributed by atoms with van der Waals surface area (Å²) in [5.41, 5.74) is 0. The van der Waals surface area contributed by atoms with Crippen molar-refractivity contribution in [3.05, 3.63) is 10.1 Å². The summed E-state index contributed by atoms with van der Waals surface area (Å²) in [6.45, 7) is 4.04. The van der Waals surface area contributed by atoms with Gasteiger partial charge in [-0.05, 0) is 24.7 Å². The van der Waals surface area contributed by atoms with E-state index < -0.39 is 5.09 Å². The van der Waals surface area contributed by atoms with Gasteiger partial charge in [0.05, 0.1) is 0 Å². The Labute approximate surface area is 72.0 Å². The van der Waals surface area contributed by atoms with Gasteiger partial charge in [0.25, 0.3) is 5.09 Å². The molecule has 1 fully saturated rings. The van der Waals surface area contributed by atoms with Gasteiger partial charge >= 0.3 is 0 Å². The molecule has 0 heterocycles. The van der Waals surface area contributed by atoms with Crippen molar-refractivity contribution < 1.29 is 9.92 Å². The molecule has 4 nitrogen and oxygen atoms in total. The third-order valence-electron chi connectivity index (χ3n) is 2.65. The van der Waals surface area contributed by atoms with Gasteiger partial charge in [-0.15, -0.1) is 10.1 Å². The molecular formula is C8H15NO3. The van der Waals surface area contributed by atoms with Crippen molar-refractivity contribution in [3.63, 3.8) is 0 Å². The predicted molar refractivity (Wildman–Crippen MR) is 44.0 cm³/mol. The maximum Gasteiger partial charge on any atom is 0.294 e. The Morgan fingerprint density at radius 1 is 1.33 bits per heavy atom. The molecule has 1 rings (SSSR count). The largest absolute Gasteiger partial charge is 0.310 e. The van der Waals surface area contributed by atoms with Crippen LogP contribution in [0.2, 0.25) is 0 Å². The summed E-state index contributed by atoms with van der Waals surface area (Å²) in [6.07, 6.45) is 3.07. The monoisotopic (exact) mass is 173 g/mol. The lowest BCUT2D eigenvalue weighted by Gasteiger charge is -2.32. The first-order valence-corrected chi connectivity index (χ1v) is 4.42. The smallest absolute Gasteiger partial charge is 0.294 e. The second-order valence-corrected chi connectivity index (χ2v) is 3.68. The first-order chi connectivity index (χ1) is 5.61. The van der Waals surface area contributed by atoms with Gasteiger partial charge in [-0.2, -0.15) is 0 Å². The van der Waals surface area contributed by atoms with Crippen molar-refractivity contribution >= 4 is 0 Å². The van der Waals surface area contributed by atoms with Gasteiger partial charge in [0.15, 0.2) is 0 Å². The third-order valence-corrected chi connectivity index (χ3v) is 2.65. The zero-order chi connectivity index (χ0) is 9.14. The van der Waals surface area contributed by atoms with Crippen LogP contribution >= 0.6 is 0 Å². The van der Waals surface area contributed by atoms with Crippen LogP contribution in [0.3, 0.4) is 0 Å². The Kier molecular flexibility index (Phi) is 2.89. The molecule has 2 atom stereocenters. The molecule has 4 heteroatoms. The quantitative estimate of drug-likeness (QED) is 0.474. The minimum absolute atomic E-state index is 0.186. The van der Waals surface area contributed by atoms with Gasteiger partial charge < -0.3 is 4.84 Å². The summed E-state index contributed by atoms with van der Waals surface area (Å²) < 4.78 is 0. The van der Waals surface area contributed by atoms with E-state index in [1.807, 2.05) is 13.8 Å². The Hall–Kier alpha value is -0.800. The van der Waals surface area contributed by atoms with E-state index in [0.717, 1.165) is 12.8 Å². The van der Waals surface area contributed by atoms with Gasteiger partial charge in [0.1, 0.15) is 6.10 Å². The molecule has 1 aliphatic rings. The van der Waals surface area contributed by atoms with Crippen LogP contribution in [-0.2, 0) is 4.84 Å². The zero-order valence-electron chi connectivity index (χ0n) is 7.53. The summed E-state index contributed by atoms with van der Waals surface area (Å²) in [6, 6.07) is 0. The van der Waals surface area contributed by atoms with Crippen LogP contribution < -0.4 is 0 Å². The molecule has 70 valence electrons. The van der Waals surface area contributed by atoms with Crippen LogP contribution in [0.5, 0.6) is 0 Å². The maximum absolute atomic E-state index is 10.1. The topological polar surface area (TPSA) is 52.4 Å². The van der Waals surface area contributed by atoms with Gasteiger partial charge in [-0.25, -0.2) is 0 Å². The molecule has 0 aromatic heterocycles. The highest BCUT2D eigenvalue weighted by Gasteiger charge is 2.30. The summed E-state index contributed by atoms with van der Waals surface area (Å²) >= 11 is 0. The molecule has 0 aliphatic heterocycles. The summed E-state index contributed by atoms with van der Waals surface area (Å²) in [5, 5.41) is 9.48. The summed E-state index contributed by atoms with van der Waals surface area (Å²) in [7, 11) is 0. The highest BCUT2D eigenvalue weighted by molar-refractivity contribution is 4.76. The molecule has 0 bridgehead atoms. The summed E-state index contributed by atoms with van der Waals surface area (Å²) in [5.74, 6) is 0.637. The fraction of sp³-hybridized carbons (Fsp3) is 1.00. The van der Waals surface area contributed by atoms with E-state index in [2.05, 4.69) is 4.84 Å². The third kappa shape index (κ3) is 2.09. The standard InChI is InChI=1S/C8H15NO3/c1-6-4-3-5-7(2)8(6)12-9(10)11/h6-8H,3-5H2,1-2H3. The molecule has 1 aliphatic carbocycles. The first kappa shape index (κ1) is 9.29. The molecular weight excluding hydrogens is 158 g/mol. The highest BCUT2D eigenvalue weighted by atomic mass is 17.0. The van der Waals surface area contributed by atoms with Crippen LogP contribution in [0.1, 0.15) is 33.1 Å². The van der Waals surface area contributed by atoms with E-state index in [1.54, 1.807) is 0 Å². The fourth-order valence-electron chi connectivity index (χ4n) is 1.96. The number of hydrogen-bond donors (Lipinski definition) is 0. The number of hydrogen-bond acceptors (Lipinski definition) is 3. The Bertz CT molecular complexity index is 162. The SMILES string of the molecule is CC1CCCC(C)C1O[N+](=O)[O-]. The van der Waals surface area contributed by atoms with Crippen LogP contribution in [0.4, 0.5) is 0 Å². The molecule has 0 spiro atoms. The molecule has 0 amide bonds. The Morgan fingerprint density at radius 2 is 1.83 bits per heavy atom. The van der Waals surface area contributed by atoms with Gasteiger partial charge in [-0.1, -0.05) is 20.3 Å². The van der Waals surface area contributed by atoms with Crippen LogP contribution in [-0.4, -0.2) is 11.2 Å². The lowest BCUT2D eigenvalue weighted by atomic mass is 9.81. The van der Waals surface area contributed by atoms with Gasteiger partial charge in [0, 0.05) is 0 Å². The molecule has 0 aromatic rings. The highest BCUT2D eigenvalue weighted by Crippen LogP contribution is 2.30. The van der Waals surface area contributed by atoms with Crippen molar-refractivity contribution in [1.82, 2.24) is 0 Å². The van der Waals surface area contributed by atoms with Gasteiger partial charge in [-0.3, -0.25) is 0 Å². The van der Waals surface area contributed by atoms with Crippen molar-refractivity contribution in [2.45, 2.75) is 39.2 Å². The average molecular weight is 173 g/mol. The van der Waals surface area contributed by atoms with Gasteiger partial charge in [0.2, 0.25) is 0 Å². The van der Waals surface area contributed by atoms with E-state index in [9.17, 15) is 10.1 Å². The molecule has 12 heavy (non-hydrogen) atoms. The normalized spacial score (nSPS) is 36.0. The average Bonchev–Trinajstić information content (AvgIpc) is 1.97. The summed E-state index contributed by atoms with van der Waals surface area (Å²) in [4.78, 5) is 14.8. The van der Waals surface area contributed by atoms with Crippen molar-refractivity contribution in [2.24, 2.45) is 11.8 Å². The Morgan fingerprint density at radius 3 is 2.25 bits per heavy atom. The molecule has 1 saturated carbocycles. The first-order valence-electron chi connectivity index (χ1n) is 4.42. The fourth-order valence-corrected chi connectivity index (χ4v) is 1.96. The van der Waals surface area contributed by atoms with Crippen LogP contribution in [0.15, 0.2) is 0 Å². The number of nitrogens with zero attached hydrogens (tertiary/aromatic N) is 1. The molecule has 0 N–H and O–H groups in total. The predicted octanol–water partition coefficient (Wildman–Crippen LogP) is 2.02. The number of rotatable bonds is 2. The molecule has 0 saturated heterocycles. The van der Waals surface area contributed by atoms with E-state index in [0.29, 0.717) is 11.8 Å². The second kappa shape index (κ2) is 3.74.